The van der Waals surface area contributed by atoms with Gasteiger partial charge in [0.15, 0.2) is 17.1 Å². The number of nitrogens with zero attached hydrogens (tertiary/aromatic N) is 1. The lowest BCUT2D eigenvalue weighted by molar-refractivity contribution is -0.266. The normalized spacial score (nSPS) is 44.0. The SMILES string of the molecule is COCSC(=O)[C@@]12ON(Cc3ccc(Cl)cc3)C[C@@H]1C[C@H]1C3C[C@H](F)C4=CC(=O)C=CC4(C)[C@@]3(F)C(O)CC12C. The second-order valence-corrected chi connectivity index (χ2v) is 13.7. The van der Waals surface area contributed by atoms with Crippen molar-refractivity contribution in [2.45, 2.75) is 63.2 Å². The Morgan fingerprint density at radius 3 is 2.67 bits per heavy atom. The average Bonchev–Trinajstić information content (AvgIpc) is 3.39. The third-order valence-corrected chi connectivity index (χ3v) is 11.7. The molecule has 4 fully saturated rings. The molecule has 1 aromatic rings. The van der Waals surface area contributed by atoms with Crippen LogP contribution in [0.5, 0.6) is 0 Å². The summed E-state index contributed by atoms with van der Waals surface area (Å²) in [5.74, 6) is -1.82. The first kappa shape index (κ1) is 28.5. The average molecular weight is 594 g/mol. The van der Waals surface area contributed by atoms with Gasteiger partial charge in [0, 0.05) is 47.9 Å². The number of thioether (sulfide) groups is 1. The fourth-order valence-electron chi connectivity index (χ4n) is 8.77. The van der Waals surface area contributed by atoms with Gasteiger partial charge in [-0.15, -0.1) is 0 Å². The summed E-state index contributed by atoms with van der Waals surface area (Å²) in [5.41, 5.74) is -4.92. The van der Waals surface area contributed by atoms with Crippen LogP contribution in [0.4, 0.5) is 8.78 Å². The van der Waals surface area contributed by atoms with Crippen LogP contribution in [0, 0.1) is 28.6 Å². The van der Waals surface area contributed by atoms with Crippen molar-refractivity contribution < 1.29 is 33.1 Å². The van der Waals surface area contributed by atoms with Crippen LogP contribution < -0.4 is 0 Å². The molecule has 4 aliphatic carbocycles. The number of aliphatic hydroxyl groups is 1. The molecule has 0 spiro atoms. The molecule has 10 heteroatoms. The predicted molar refractivity (Wildman–Crippen MR) is 148 cm³/mol. The number of aliphatic hydroxyl groups excluding tert-OH is 1. The van der Waals surface area contributed by atoms with Gasteiger partial charge in [-0.05, 0) is 67.5 Å². The number of rotatable bonds is 5. The fourth-order valence-corrected chi connectivity index (χ4v) is 9.77. The number of alkyl halides is 2. The highest BCUT2D eigenvalue weighted by Crippen LogP contribution is 2.73. The molecule has 216 valence electrons. The quantitative estimate of drug-likeness (QED) is 0.468. The molecule has 0 bridgehead atoms. The zero-order valence-corrected chi connectivity index (χ0v) is 24.3. The third-order valence-electron chi connectivity index (χ3n) is 10.6. The minimum absolute atomic E-state index is 0.0309. The van der Waals surface area contributed by atoms with Crippen molar-refractivity contribution in [2.75, 3.05) is 19.6 Å². The van der Waals surface area contributed by atoms with Gasteiger partial charge in [0.2, 0.25) is 5.12 Å². The van der Waals surface area contributed by atoms with E-state index in [4.69, 9.17) is 21.2 Å². The summed E-state index contributed by atoms with van der Waals surface area (Å²) in [6.07, 6.45) is 1.14. The topological polar surface area (TPSA) is 76.1 Å². The number of carbonyl (C=O) groups is 2. The summed E-state index contributed by atoms with van der Waals surface area (Å²) in [6, 6.07) is 7.40. The van der Waals surface area contributed by atoms with E-state index in [1.807, 2.05) is 19.1 Å². The second-order valence-electron chi connectivity index (χ2n) is 12.4. The lowest BCUT2D eigenvalue weighted by Crippen LogP contribution is -2.70. The molecule has 0 amide bonds. The van der Waals surface area contributed by atoms with E-state index in [9.17, 15) is 14.7 Å². The molecule has 1 heterocycles. The first-order valence-corrected chi connectivity index (χ1v) is 15.1. The number of halogens is 3. The van der Waals surface area contributed by atoms with Crippen molar-refractivity contribution in [1.82, 2.24) is 5.06 Å². The Balaban J connectivity index is 1.39. The van der Waals surface area contributed by atoms with Crippen molar-refractivity contribution in [3.8, 4) is 0 Å². The van der Waals surface area contributed by atoms with Gasteiger partial charge in [0.1, 0.15) is 6.17 Å². The van der Waals surface area contributed by atoms with Gasteiger partial charge in [-0.3, -0.25) is 14.4 Å². The van der Waals surface area contributed by atoms with Crippen LogP contribution in [0.3, 0.4) is 0 Å². The van der Waals surface area contributed by atoms with Gasteiger partial charge < -0.3 is 9.84 Å². The number of methoxy groups -OCH3 is 1. The van der Waals surface area contributed by atoms with Crippen LogP contribution >= 0.6 is 23.4 Å². The largest absolute Gasteiger partial charge is 0.390 e. The molecule has 6 nitrogen and oxygen atoms in total. The molecular weight excluding hydrogens is 560 g/mol. The number of hydroxylamine groups is 2. The number of fused-ring (bicyclic) bond motifs is 7. The first-order chi connectivity index (χ1) is 18.9. The highest BCUT2D eigenvalue weighted by Gasteiger charge is 2.79. The van der Waals surface area contributed by atoms with E-state index in [0.717, 1.165) is 17.3 Å². The molecule has 40 heavy (non-hydrogen) atoms. The van der Waals surface area contributed by atoms with Gasteiger partial charge in [0.25, 0.3) is 0 Å². The highest BCUT2D eigenvalue weighted by atomic mass is 35.5. The summed E-state index contributed by atoms with van der Waals surface area (Å²) in [6.45, 7) is 4.35. The smallest absolute Gasteiger partial charge is 0.226 e. The molecule has 6 rings (SSSR count). The fraction of sp³-hybridized carbons (Fsp3) is 0.600. The lowest BCUT2D eigenvalue weighted by atomic mass is 9.44. The van der Waals surface area contributed by atoms with E-state index in [1.165, 1.54) is 25.3 Å². The molecule has 9 atom stereocenters. The number of carbonyl (C=O) groups excluding carboxylic acids is 2. The van der Waals surface area contributed by atoms with Crippen LogP contribution in [0.1, 0.15) is 38.7 Å². The maximum atomic E-state index is 17.5. The summed E-state index contributed by atoms with van der Waals surface area (Å²) >= 11 is 7.07. The minimum Gasteiger partial charge on any atom is -0.390 e. The number of allylic oxidation sites excluding steroid dienone is 4. The molecule has 3 saturated carbocycles. The van der Waals surface area contributed by atoms with Gasteiger partial charge in [0.05, 0.1) is 12.0 Å². The van der Waals surface area contributed by atoms with Crippen molar-refractivity contribution >= 4 is 34.3 Å². The summed E-state index contributed by atoms with van der Waals surface area (Å²) < 4.78 is 38.5. The Morgan fingerprint density at radius 2 is 1.98 bits per heavy atom. The summed E-state index contributed by atoms with van der Waals surface area (Å²) in [7, 11) is 1.51. The Morgan fingerprint density at radius 1 is 1.25 bits per heavy atom. The molecular formula is C30H34ClF2NO5S. The molecule has 1 aliphatic heterocycles. The van der Waals surface area contributed by atoms with Crippen molar-refractivity contribution in [2.24, 2.45) is 28.6 Å². The Hall–Kier alpha value is -1.62. The summed E-state index contributed by atoms with van der Waals surface area (Å²) in [5, 5.41) is 13.9. The van der Waals surface area contributed by atoms with Gasteiger partial charge in [-0.1, -0.05) is 48.5 Å². The minimum atomic E-state index is -2.20. The number of hydrogen-bond donors (Lipinski definition) is 1. The monoisotopic (exact) mass is 593 g/mol. The van der Waals surface area contributed by atoms with Gasteiger partial charge >= 0.3 is 0 Å². The molecule has 1 saturated heterocycles. The van der Waals surface area contributed by atoms with Gasteiger partial charge in [-0.2, -0.15) is 5.06 Å². The van der Waals surface area contributed by atoms with E-state index >= 15 is 8.78 Å². The molecule has 1 N–H and O–H groups in total. The van der Waals surface area contributed by atoms with Crippen molar-refractivity contribution in [1.29, 1.82) is 0 Å². The number of benzene rings is 1. The predicted octanol–water partition coefficient (Wildman–Crippen LogP) is 5.23. The molecule has 1 aromatic carbocycles. The van der Waals surface area contributed by atoms with Crippen LogP contribution in [0.25, 0.3) is 0 Å². The van der Waals surface area contributed by atoms with Crippen molar-refractivity contribution in [3.63, 3.8) is 0 Å². The molecule has 0 aromatic heterocycles. The number of ether oxygens (including phenoxy) is 1. The Kier molecular flexibility index (Phi) is 6.92. The summed E-state index contributed by atoms with van der Waals surface area (Å²) in [4.78, 5) is 32.8. The van der Waals surface area contributed by atoms with Crippen LogP contribution in [-0.4, -0.2) is 64.2 Å². The molecule has 4 unspecified atom stereocenters. The first-order valence-electron chi connectivity index (χ1n) is 13.7. The van der Waals surface area contributed by atoms with Crippen LogP contribution in [0.2, 0.25) is 5.02 Å². The van der Waals surface area contributed by atoms with Gasteiger partial charge in [-0.25, -0.2) is 8.78 Å². The molecule has 0 radical (unpaired) electrons. The Labute approximate surface area is 242 Å². The zero-order valence-electron chi connectivity index (χ0n) is 22.7. The lowest BCUT2D eigenvalue weighted by Gasteiger charge is -2.63. The van der Waals surface area contributed by atoms with E-state index < -0.39 is 46.2 Å². The maximum absolute atomic E-state index is 17.5. The van der Waals surface area contributed by atoms with Crippen LogP contribution in [-0.2, 0) is 25.7 Å². The number of hydrogen-bond acceptors (Lipinski definition) is 7. The van der Waals surface area contributed by atoms with E-state index in [-0.39, 0.29) is 41.2 Å². The zero-order chi connectivity index (χ0) is 28.7. The Bertz CT molecular complexity index is 1290. The van der Waals surface area contributed by atoms with E-state index in [2.05, 4.69) is 0 Å². The maximum Gasteiger partial charge on any atom is 0.226 e. The number of ketones is 1. The van der Waals surface area contributed by atoms with E-state index in [0.29, 0.717) is 24.5 Å². The van der Waals surface area contributed by atoms with E-state index in [1.54, 1.807) is 24.1 Å². The van der Waals surface area contributed by atoms with Crippen LogP contribution in [0.15, 0.2) is 48.1 Å². The third kappa shape index (κ3) is 3.74. The molecule has 5 aliphatic rings. The van der Waals surface area contributed by atoms with Crippen molar-refractivity contribution in [3.05, 3.63) is 58.7 Å². The highest BCUT2D eigenvalue weighted by molar-refractivity contribution is 8.13. The standard InChI is InChI=1S/C30H34ClF2NO5S/c1-27-9-8-20(35)11-23(27)24(32)12-22-21-10-18-15-34(14-17-4-6-19(31)7-5-17)39-30(18,26(37)40-16-38-3)28(21,2)13-25(36)29(22,27)33/h4-9,11,18,21-22,24-25,36H,10,12-16H2,1-3H3/t18-,21-,22?,24-,25?,27?,28?,29-,30-/m0/s1. The second kappa shape index (κ2) is 9.71.